The molecule has 2 nitrogen and oxygen atoms in total. The highest BCUT2D eigenvalue weighted by Crippen LogP contribution is 2.29. The van der Waals surface area contributed by atoms with Crippen LogP contribution in [0.1, 0.15) is 5.56 Å². The van der Waals surface area contributed by atoms with Gasteiger partial charge in [-0.25, -0.2) is 0 Å². The van der Waals surface area contributed by atoms with Gasteiger partial charge in [0.1, 0.15) is 5.75 Å². The summed E-state index contributed by atoms with van der Waals surface area (Å²) in [5.74, 6) is 1.64. The van der Waals surface area contributed by atoms with Crippen molar-refractivity contribution in [3.63, 3.8) is 0 Å². The molecule has 0 spiro atoms. The molecule has 0 radical (unpaired) electrons. The zero-order chi connectivity index (χ0) is 9.97. The number of rotatable bonds is 2. The Morgan fingerprint density at radius 1 is 1.57 bits per heavy atom. The summed E-state index contributed by atoms with van der Waals surface area (Å²) < 4.78 is 6.79. The topological polar surface area (TPSA) is 21.3 Å². The van der Waals surface area contributed by atoms with Gasteiger partial charge in [0.25, 0.3) is 0 Å². The van der Waals surface area contributed by atoms with E-state index in [0.717, 1.165) is 29.8 Å². The van der Waals surface area contributed by atoms with E-state index in [1.807, 2.05) is 13.1 Å². The zero-order valence-electron chi connectivity index (χ0n) is 8.22. The van der Waals surface area contributed by atoms with Gasteiger partial charge >= 0.3 is 0 Å². The Morgan fingerprint density at radius 3 is 3.21 bits per heavy atom. The molecule has 14 heavy (non-hydrogen) atoms. The summed E-state index contributed by atoms with van der Waals surface area (Å²) in [5.41, 5.74) is 1.32. The Hall–Kier alpha value is -0.540. The minimum Gasteiger partial charge on any atom is -0.493 e. The molecule has 76 valence electrons. The Balaban J connectivity index is 2.15. The monoisotopic (exact) mass is 255 g/mol. The van der Waals surface area contributed by atoms with Gasteiger partial charge in [-0.2, -0.15) is 0 Å². The molecule has 1 unspecified atom stereocenters. The lowest BCUT2D eigenvalue weighted by molar-refractivity contribution is 0.220. The third-order valence-corrected chi connectivity index (χ3v) is 3.00. The first-order valence-corrected chi connectivity index (χ1v) is 5.64. The van der Waals surface area contributed by atoms with Crippen molar-refractivity contribution in [3.8, 4) is 5.75 Å². The average molecular weight is 256 g/mol. The van der Waals surface area contributed by atoms with Crippen molar-refractivity contribution >= 4 is 15.9 Å². The summed E-state index contributed by atoms with van der Waals surface area (Å²) in [4.78, 5) is 0. The molecule has 0 amide bonds. The molecule has 0 fully saturated rings. The number of halogens is 1. The molecular weight excluding hydrogens is 242 g/mol. The minimum absolute atomic E-state index is 0.605. The van der Waals surface area contributed by atoms with Crippen LogP contribution in [0.5, 0.6) is 5.75 Å². The molecule has 1 aromatic rings. The lowest BCUT2D eigenvalue weighted by Gasteiger charge is -2.25. The van der Waals surface area contributed by atoms with Crippen molar-refractivity contribution in [2.75, 3.05) is 20.2 Å². The normalized spacial score (nSPS) is 20.0. The lowest BCUT2D eigenvalue weighted by Crippen LogP contribution is -2.29. The molecule has 0 aliphatic carbocycles. The summed E-state index contributed by atoms with van der Waals surface area (Å²) >= 11 is 3.44. The van der Waals surface area contributed by atoms with Crippen LogP contribution >= 0.6 is 15.9 Å². The minimum atomic E-state index is 0.605. The molecule has 3 heteroatoms. The van der Waals surface area contributed by atoms with Crippen molar-refractivity contribution in [3.05, 3.63) is 28.2 Å². The summed E-state index contributed by atoms with van der Waals surface area (Å²) in [6.45, 7) is 1.85. The van der Waals surface area contributed by atoms with E-state index in [4.69, 9.17) is 4.74 Å². The summed E-state index contributed by atoms with van der Waals surface area (Å²) in [6, 6.07) is 6.26. The van der Waals surface area contributed by atoms with Crippen molar-refractivity contribution in [1.82, 2.24) is 5.32 Å². The fourth-order valence-electron chi connectivity index (χ4n) is 1.83. The first-order chi connectivity index (χ1) is 6.79. The van der Waals surface area contributed by atoms with Crippen molar-refractivity contribution in [2.45, 2.75) is 6.42 Å². The van der Waals surface area contributed by atoms with Crippen LogP contribution in [0.4, 0.5) is 0 Å². The maximum Gasteiger partial charge on any atom is 0.123 e. The number of hydrogen-bond donors (Lipinski definition) is 1. The van der Waals surface area contributed by atoms with Crippen LogP contribution in [0.3, 0.4) is 0 Å². The fraction of sp³-hybridized carbons (Fsp3) is 0.455. The van der Waals surface area contributed by atoms with E-state index in [1.54, 1.807) is 0 Å². The molecule has 1 aliphatic rings. The Morgan fingerprint density at radius 2 is 2.43 bits per heavy atom. The van der Waals surface area contributed by atoms with Crippen LogP contribution in [-0.2, 0) is 6.42 Å². The van der Waals surface area contributed by atoms with E-state index in [9.17, 15) is 0 Å². The van der Waals surface area contributed by atoms with Crippen LogP contribution in [-0.4, -0.2) is 20.2 Å². The van der Waals surface area contributed by atoms with Gasteiger partial charge in [-0.3, -0.25) is 0 Å². The van der Waals surface area contributed by atoms with E-state index < -0.39 is 0 Å². The highest BCUT2D eigenvalue weighted by Gasteiger charge is 2.18. The van der Waals surface area contributed by atoms with Gasteiger partial charge in [0.2, 0.25) is 0 Å². The average Bonchev–Trinajstić information content (AvgIpc) is 2.19. The van der Waals surface area contributed by atoms with Gasteiger partial charge in [-0.05, 0) is 31.2 Å². The van der Waals surface area contributed by atoms with E-state index in [-0.39, 0.29) is 0 Å². The zero-order valence-corrected chi connectivity index (χ0v) is 9.80. The highest BCUT2D eigenvalue weighted by molar-refractivity contribution is 9.10. The first kappa shape index (κ1) is 9.99. The van der Waals surface area contributed by atoms with E-state index in [2.05, 4.69) is 33.4 Å². The molecule has 2 rings (SSSR count). The van der Waals surface area contributed by atoms with Gasteiger partial charge in [0.05, 0.1) is 6.61 Å². The molecule has 1 N–H and O–H groups in total. The maximum absolute atomic E-state index is 5.70. The molecule has 1 aliphatic heterocycles. The number of hydrogen-bond acceptors (Lipinski definition) is 2. The molecular formula is C11H14BrNO. The van der Waals surface area contributed by atoms with E-state index in [0.29, 0.717) is 5.92 Å². The van der Waals surface area contributed by atoms with Crippen molar-refractivity contribution < 1.29 is 4.74 Å². The van der Waals surface area contributed by atoms with Crippen LogP contribution in [0.25, 0.3) is 0 Å². The third kappa shape index (κ3) is 2.10. The molecule has 0 saturated carbocycles. The summed E-state index contributed by atoms with van der Waals surface area (Å²) in [6.07, 6.45) is 1.11. The number of nitrogens with one attached hydrogen (secondary N) is 1. The molecule has 1 aromatic carbocycles. The first-order valence-electron chi connectivity index (χ1n) is 4.85. The molecule has 1 atom stereocenters. The van der Waals surface area contributed by atoms with Crippen molar-refractivity contribution in [1.29, 1.82) is 0 Å². The maximum atomic E-state index is 5.70. The molecule has 0 aromatic heterocycles. The highest BCUT2D eigenvalue weighted by atomic mass is 79.9. The van der Waals surface area contributed by atoms with Gasteiger partial charge in [-0.15, -0.1) is 0 Å². The van der Waals surface area contributed by atoms with Crippen LogP contribution in [0.15, 0.2) is 22.7 Å². The fourth-order valence-corrected chi connectivity index (χ4v) is 2.17. The van der Waals surface area contributed by atoms with Crippen LogP contribution in [0.2, 0.25) is 0 Å². The van der Waals surface area contributed by atoms with E-state index >= 15 is 0 Å². The second kappa shape index (κ2) is 4.32. The lowest BCUT2D eigenvalue weighted by atomic mass is 9.97. The number of fused-ring (bicyclic) bond motifs is 1. The number of benzene rings is 1. The quantitative estimate of drug-likeness (QED) is 0.876. The van der Waals surface area contributed by atoms with Crippen LogP contribution in [0, 0.1) is 5.92 Å². The Kier molecular flexibility index (Phi) is 3.08. The summed E-state index contributed by atoms with van der Waals surface area (Å²) in [7, 11) is 1.98. The predicted molar refractivity (Wildman–Crippen MR) is 60.8 cm³/mol. The van der Waals surface area contributed by atoms with E-state index in [1.165, 1.54) is 5.56 Å². The number of ether oxygens (including phenoxy) is 1. The van der Waals surface area contributed by atoms with Gasteiger partial charge in [-0.1, -0.05) is 22.0 Å². The SMILES string of the molecule is CNCC1COc2cc(Br)ccc2C1. The largest absolute Gasteiger partial charge is 0.493 e. The van der Waals surface area contributed by atoms with Crippen molar-refractivity contribution in [2.24, 2.45) is 5.92 Å². The summed E-state index contributed by atoms with van der Waals surface area (Å²) in [5, 5.41) is 3.19. The Labute approximate surface area is 92.8 Å². The molecule has 0 bridgehead atoms. The predicted octanol–water partition coefficient (Wildman–Crippen LogP) is 2.22. The van der Waals surface area contributed by atoms with Gasteiger partial charge in [0.15, 0.2) is 0 Å². The van der Waals surface area contributed by atoms with Gasteiger partial charge < -0.3 is 10.1 Å². The third-order valence-electron chi connectivity index (χ3n) is 2.51. The van der Waals surface area contributed by atoms with Crippen LogP contribution < -0.4 is 10.1 Å². The standard InChI is InChI=1S/C11H14BrNO/c1-13-6-8-4-9-2-3-10(12)5-11(9)14-7-8/h2-3,5,8,13H,4,6-7H2,1H3. The second-order valence-electron chi connectivity index (χ2n) is 3.69. The molecule has 0 saturated heterocycles. The second-order valence-corrected chi connectivity index (χ2v) is 4.61. The smallest absolute Gasteiger partial charge is 0.123 e. The Bertz CT molecular complexity index is 327. The van der Waals surface area contributed by atoms with Gasteiger partial charge in [0, 0.05) is 16.9 Å². The molecule has 1 heterocycles.